The van der Waals surface area contributed by atoms with Crippen molar-refractivity contribution in [2.24, 2.45) is 0 Å². The van der Waals surface area contributed by atoms with E-state index in [2.05, 4.69) is 193 Å². The van der Waals surface area contributed by atoms with Crippen LogP contribution in [0.15, 0.2) is 209 Å². The minimum atomic E-state index is 0.858. The van der Waals surface area contributed by atoms with Crippen LogP contribution in [0.3, 0.4) is 0 Å². The van der Waals surface area contributed by atoms with E-state index in [-0.39, 0.29) is 0 Å². The molecule has 0 saturated heterocycles. The van der Waals surface area contributed by atoms with E-state index in [1.807, 2.05) is 12.1 Å². The van der Waals surface area contributed by atoms with E-state index >= 15 is 0 Å². The molecule has 10 aromatic carbocycles. The molecule has 2 aromatic heterocycles. The van der Waals surface area contributed by atoms with Crippen molar-refractivity contribution < 1.29 is 8.83 Å². The molecular weight excluding hydrogens is 695 g/mol. The number of anilines is 3. The zero-order valence-electron chi connectivity index (χ0n) is 30.8. The number of hydrogen-bond donors (Lipinski definition) is 0. The van der Waals surface area contributed by atoms with Gasteiger partial charge in [0.15, 0.2) is 0 Å². The molecule has 57 heavy (non-hydrogen) atoms. The first kappa shape index (κ1) is 31.7. The van der Waals surface area contributed by atoms with Gasteiger partial charge < -0.3 is 13.7 Å². The monoisotopic (exact) mass is 727 g/mol. The van der Waals surface area contributed by atoms with Crippen molar-refractivity contribution in [2.45, 2.75) is 0 Å². The van der Waals surface area contributed by atoms with Crippen LogP contribution in [-0.4, -0.2) is 0 Å². The summed E-state index contributed by atoms with van der Waals surface area (Å²) in [5, 5.41) is 11.7. The predicted octanol–water partition coefficient (Wildman–Crippen LogP) is 15.7. The number of furan rings is 2. The van der Waals surface area contributed by atoms with Gasteiger partial charge in [-0.25, -0.2) is 0 Å². The van der Waals surface area contributed by atoms with Gasteiger partial charge in [-0.3, -0.25) is 0 Å². The van der Waals surface area contributed by atoms with E-state index in [1.165, 1.54) is 32.7 Å². The average molecular weight is 728 g/mol. The average Bonchev–Trinajstić information content (AvgIpc) is 3.86. The summed E-state index contributed by atoms with van der Waals surface area (Å²) in [6.07, 6.45) is 0. The van der Waals surface area contributed by atoms with E-state index in [9.17, 15) is 0 Å². The van der Waals surface area contributed by atoms with E-state index in [0.29, 0.717) is 0 Å². The molecule has 266 valence electrons. The molecule has 0 amide bonds. The smallest absolute Gasteiger partial charge is 0.143 e. The third-order valence-electron chi connectivity index (χ3n) is 11.6. The van der Waals surface area contributed by atoms with Gasteiger partial charge in [-0.2, -0.15) is 0 Å². The maximum absolute atomic E-state index is 6.71. The molecule has 0 aliphatic rings. The van der Waals surface area contributed by atoms with Gasteiger partial charge in [-0.05, 0) is 116 Å². The fourth-order valence-corrected chi connectivity index (χ4v) is 8.96. The minimum Gasteiger partial charge on any atom is -0.456 e. The Morgan fingerprint density at radius 3 is 1.86 bits per heavy atom. The summed E-state index contributed by atoms with van der Waals surface area (Å²) in [5.74, 6) is 0. The summed E-state index contributed by atoms with van der Waals surface area (Å²) >= 11 is 0. The van der Waals surface area contributed by atoms with Crippen molar-refractivity contribution in [3.63, 3.8) is 0 Å². The fourth-order valence-electron chi connectivity index (χ4n) is 8.96. The Kier molecular flexibility index (Phi) is 6.93. The molecule has 0 radical (unpaired) electrons. The Labute approximate surface area is 328 Å². The van der Waals surface area contributed by atoms with Crippen molar-refractivity contribution in [3.05, 3.63) is 200 Å². The highest BCUT2D eigenvalue weighted by Gasteiger charge is 2.21. The van der Waals surface area contributed by atoms with Crippen LogP contribution in [0.4, 0.5) is 17.1 Å². The molecule has 0 atom stereocenters. The lowest BCUT2D eigenvalue weighted by Gasteiger charge is -2.27. The van der Waals surface area contributed by atoms with Gasteiger partial charge in [-0.1, -0.05) is 133 Å². The highest BCUT2D eigenvalue weighted by Crippen LogP contribution is 2.46. The summed E-state index contributed by atoms with van der Waals surface area (Å²) in [7, 11) is 0. The van der Waals surface area contributed by atoms with Crippen LogP contribution in [0.5, 0.6) is 0 Å². The molecule has 0 spiro atoms. The maximum Gasteiger partial charge on any atom is 0.143 e. The third-order valence-corrected chi connectivity index (χ3v) is 11.6. The third kappa shape index (κ3) is 4.99. The molecule has 3 heteroatoms. The molecule has 12 rings (SSSR count). The second-order valence-electron chi connectivity index (χ2n) is 14.8. The van der Waals surface area contributed by atoms with Crippen LogP contribution in [-0.2, 0) is 0 Å². The molecule has 12 aromatic rings. The number of hydrogen-bond acceptors (Lipinski definition) is 3. The Bertz CT molecular complexity index is 3530. The molecule has 2 heterocycles. The van der Waals surface area contributed by atoms with Gasteiger partial charge >= 0.3 is 0 Å². The van der Waals surface area contributed by atoms with Crippen LogP contribution in [0.2, 0.25) is 0 Å². The number of benzene rings is 10. The van der Waals surface area contributed by atoms with Crippen molar-refractivity contribution >= 4 is 93.3 Å². The highest BCUT2D eigenvalue weighted by atomic mass is 16.3. The lowest BCUT2D eigenvalue weighted by Crippen LogP contribution is -2.10. The van der Waals surface area contributed by atoms with Crippen molar-refractivity contribution in [2.75, 3.05) is 4.90 Å². The van der Waals surface area contributed by atoms with Crippen molar-refractivity contribution in [1.29, 1.82) is 0 Å². The summed E-state index contributed by atoms with van der Waals surface area (Å²) in [6.45, 7) is 0. The molecule has 0 bridgehead atoms. The summed E-state index contributed by atoms with van der Waals surface area (Å²) in [6, 6.07) is 71.6. The number of para-hydroxylation sites is 1. The molecule has 0 unspecified atom stereocenters. The van der Waals surface area contributed by atoms with Crippen LogP contribution in [0, 0.1) is 0 Å². The van der Waals surface area contributed by atoms with Crippen LogP contribution >= 0.6 is 0 Å². The molecule has 0 saturated carbocycles. The second-order valence-corrected chi connectivity index (χ2v) is 14.8. The van der Waals surface area contributed by atoms with E-state index in [0.717, 1.165) is 82.8 Å². The first-order valence-electron chi connectivity index (χ1n) is 19.4. The van der Waals surface area contributed by atoms with Crippen molar-refractivity contribution in [3.8, 4) is 22.3 Å². The second kappa shape index (κ2) is 12.5. The van der Waals surface area contributed by atoms with E-state index < -0.39 is 0 Å². The Morgan fingerprint density at radius 2 is 0.982 bits per heavy atom. The Balaban J connectivity index is 1.06. The van der Waals surface area contributed by atoms with Crippen molar-refractivity contribution in [1.82, 2.24) is 0 Å². The lowest BCUT2D eigenvalue weighted by molar-refractivity contribution is 0.669. The first-order valence-corrected chi connectivity index (χ1v) is 19.4. The van der Waals surface area contributed by atoms with Gasteiger partial charge in [0.1, 0.15) is 22.3 Å². The van der Waals surface area contributed by atoms with Gasteiger partial charge in [0.2, 0.25) is 0 Å². The molecule has 0 N–H and O–H groups in total. The summed E-state index contributed by atoms with van der Waals surface area (Å²) < 4.78 is 12.9. The number of rotatable bonds is 5. The summed E-state index contributed by atoms with van der Waals surface area (Å²) in [5.41, 5.74) is 11.4. The van der Waals surface area contributed by atoms with Gasteiger partial charge in [0.05, 0.1) is 11.1 Å². The largest absolute Gasteiger partial charge is 0.456 e. The van der Waals surface area contributed by atoms with Crippen LogP contribution in [0.25, 0.3) is 98.4 Å². The first-order chi connectivity index (χ1) is 28.2. The predicted molar refractivity (Wildman–Crippen MR) is 239 cm³/mol. The van der Waals surface area contributed by atoms with E-state index in [1.54, 1.807) is 0 Å². The fraction of sp³-hybridized carbons (Fsp3) is 0. The number of fused-ring (bicyclic) bond motifs is 11. The Morgan fingerprint density at radius 1 is 0.316 bits per heavy atom. The molecule has 0 fully saturated rings. The standard InChI is InChI=1S/C54H33NO2/c1-4-16-42-34(11-1)25-29-46-53-49(20-10-22-52(53)57-54(42)46)55(40-14-9-13-36(31-40)37-26-30-51-48(32-37)45-19-7-8-21-50(45)56-51)39-27-23-35(24-28-39)47-33-38-12-2-3-15-41(38)43-17-5-6-18-44(43)47/h1-33H. The molecular formula is C54H33NO2. The highest BCUT2D eigenvalue weighted by molar-refractivity contribution is 6.20. The molecule has 0 aliphatic heterocycles. The maximum atomic E-state index is 6.71. The molecule has 0 aliphatic carbocycles. The van der Waals surface area contributed by atoms with Crippen LogP contribution < -0.4 is 4.90 Å². The normalized spacial score (nSPS) is 11.9. The van der Waals surface area contributed by atoms with Gasteiger partial charge in [0.25, 0.3) is 0 Å². The quantitative estimate of drug-likeness (QED) is 0.165. The zero-order chi connectivity index (χ0) is 37.5. The summed E-state index contributed by atoms with van der Waals surface area (Å²) in [4.78, 5) is 2.38. The minimum absolute atomic E-state index is 0.858. The van der Waals surface area contributed by atoms with E-state index in [4.69, 9.17) is 8.83 Å². The van der Waals surface area contributed by atoms with Gasteiger partial charge in [-0.15, -0.1) is 0 Å². The molecule has 3 nitrogen and oxygen atoms in total. The topological polar surface area (TPSA) is 29.5 Å². The number of nitrogens with zero attached hydrogens (tertiary/aromatic N) is 1. The van der Waals surface area contributed by atoms with Crippen LogP contribution in [0.1, 0.15) is 0 Å². The Hall–Kier alpha value is -7.62. The zero-order valence-corrected chi connectivity index (χ0v) is 30.8. The van der Waals surface area contributed by atoms with Gasteiger partial charge in [0, 0.05) is 32.9 Å². The lowest BCUT2D eigenvalue weighted by atomic mass is 9.93. The SMILES string of the molecule is c1cc(-c2ccc3oc4ccccc4c3c2)cc(N(c2ccc(-c3cc4ccccc4c4ccccc34)cc2)c2cccc3oc4c5ccccc5ccc4c23)c1.